The summed E-state index contributed by atoms with van der Waals surface area (Å²) in [5.74, 6) is 1.42. The van der Waals surface area contributed by atoms with E-state index in [1.807, 2.05) is 13.8 Å². The van der Waals surface area contributed by atoms with Crippen molar-refractivity contribution in [3.05, 3.63) is 22.4 Å². The van der Waals surface area contributed by atoms with Gasteiger partial charge in [-0.1, -0.05) is 11.6 Å². The molecule has 5 nitrogen and oxygen atoms in total. The summed E-state index contributed by atoms with van der Waals surface area (Å²) in [5, 5.41) is 8.71. The molecule has 0 amide bonds. The zero-order valence-corrected chi connectivity index (χ0v) is 10.6. The van der Waals surface area contributed by atoms with Gasteiger partial charge in [-0.15, -0.1) is 5.10 Å². The van der Waals surface area contributed by atoms with Gasteiger partial charge in [0, 0.05) is 5.56 Å². The van der Waals surface area contributed by atoms with Gasteiger partial charge in [0.1, 0.15) is 21.8 Å². The minimum atomic E-state index is 0.474. The Hall–Kier alpha value is -1.14. The standard InChI is InChI=1S/C9H10ClN5S/c1-4-7(10)11-5(2)12-8(4)16-9-13-6(3)14-15-9/h1-3H3,(H,13,14,15). The lowest BCUT2D eigenvalue weighted by atomic mass is 10.4. The van der Waals surface area contributed by atoms with Crippen LogP contribution < -0.4 is 0 Å². The van der Waals surface area contributed by atoms with E-state index in [1.54, 1.807) is 6.92 Å². The highest BCUT2D eigenvalue weighted by molar-refractivity contribution is 7.99. The van der Waals surface area contributed by atoms with Crippen LogP contribution in [0.25, 0.3) is 0 Å². The van der Waals surface area contributed by atoms with Crippen LogP contribution >= 0.6 is 23.4 Å². The van der Waals surface area contributed by atoms with Gasteiger partial charge < -0.3 is 0 Å². The zero-order valence-electron chi connectivity index (χ0n) is 9.08. The minimum Gasteiger partial charge on any atom is -0.262 e. The highest BCUT2D eigenvalue weighted by Crippen LogP contribution is 2.28. The first-order valence-electron chi connectivity index (χ1n) is 4.64. The van der Waals surface area contributed by atoms with Gasteiger partial charge in [-0.2, -0.15) is 0 Å². The molecular formula is C9H10ClN5S. The summed E-state index contributed by atoms with van der Waals surface area (Å²) in [5.41, 5.74) is 0.847. The fraction of sp³-hybridized carbons (Fsp3) is 0.333. The maximum absolute atomic E-state index is 5.98. The molecule has 2 rings (SSSR count). The Bertz CT molecular complexity index is 525. The molecule has 1 N–H and O–H groups in total. The molecule has 0 unspecified atom stereocenters. The molecule has 0 fully saturated rings. The Labute approximate surface area is 102 Å². The molecule has 2 heterocycles. The van der Waals surface area contributed by atoms with Gasteiger partial charge >= 0.3 is 0 Å². The molecule has 0 aliphatic heterocycles. The molecule has 0 spiro atoms. The smallest absolute Gasteiger partial charge is 0.214 e. The summed E-state index contributed by atoms with van der Waals surface area (Å²) in [6, 6.07) is 0. The Balaban J connectivity index is 2.34. The van der Waals surface area contributed by atoms with Gasteiger partial charge in [-0.25, -0.2) is 15.0 Å². The number of H-pyrrole nitrogens is 1. The van der Waals surface area contributed by atoms with Crippen LogP contribution in [-0.2, 0) is 0 Å². The van der Waals surface area contributed by atoms with Gasteiger partial charge in [0.2, 0.25) is 5.16 Å². The van der Waals surface area contributed by atoms with E-state index in [4.69, 9.17) is 11.6 Å². The lowest BCUT2D eigenvalue weighted by Gasteiger charge is -2.04. The molecule has 0 bridgehead atoms. The predicted octanol–water partition coefficient (Wildman–Crippen LogP) is 2.32. The summed E-state index contributed by atoms with van der Waals surface area (Å²) in [4.78, 5) is 12.6. The summed E-state index contributed by atoms with van der Waals surface area (Å²) in [6.07, 6.45) is 0. The Morgan fingerprint density at radius 2 is 1.88 bits per heavy atom. The number of rotatable bonds is 2. The van der Waals surface area contributed by atoms with E-state index in [-0.39, 0.29) is 0 Å². The molecule has 0 aliphatic carbocycles. The van der Waals surface area contributed by atoms with Crippen LogP contribution in [0.2, 0.25) is 5.15 Å². The van der Waals surface area contributed by atoms with Crippen LogP contribution in [0.4, 0.5) is 0 Å². The normalized spacial score (nSPS) is 10.8. The lowest BCUT2D eigenvalue weighted by Crippen LogP contribution is -1.95. The van der Waals surface area contributed by atoms with E-state index in [1.165, 1.54) is 11.8 Å². The van der Waals surface area contributed by atoms with Crippen molar-refractivity contribution in [2.45, 2.75) is 31.0 Å². The average molecular weight is 256 g/mol. The first-order valence-corrected chi connectivity index (χ1v) is 5.83. The first-order chi connectivity index (χ1) is 7.56. The van der Waals surface area contributed by atoms with Crippen molar-refractivity contribution >= 4 is 23.4 Å². The van der Waals surface area contributed by atoms with E-state index in [0.717, 1.165) is 16.4 Å². The number of halogens is 1. The Morgan fingerprint density at radius 1 is 1.12 bits per heavy atom. The van der Waals surface area contributed by atoms with Crippen molar-refractivity contribution in [2.75, 3.05) is 0 Å². The van der Waals surface area contributed by atoms with E-state index < -0.39 is 0 Å². The predicted molar refractivity (Wildman–Crippen MR) is 61.8 cm³/mol. The van der Waals surface area contributed by atoms with E-state index >= 15 is 0 Å². The van der Waals surface area contributed by atoms with Gasteiger partial charge in [-0.05, 0) is 32.5 Å². The molecule has 0 radical (unpaired) electrons. The summed E-state index contributed by atoms with van der Waals surface area (Å²) in [6.45, 7) is 5.53. The molecule has 2 aromatic rings. The molecule has 0 aliphatic rings. The van der Waals surface area contributed by atoms with Crippen molar-refractivity contribution in [3.63, 3.8) is 0 Å². The largest absolute Gasteiger partial charge is 0.262 e. The third-order valence-electron chi connectivity index (χ3n) is 1.92. The number of hydrogen-bond acceptors (Lipinski definition) is 5. The summed E-state index contributed by atoms with van der Waals surface area (Å²) in [7, 11) is 0. The Kier molecular flexibility index (Phi) is 3.11. The van der Waals surface area contributed by atoms with Crippen molar-refractivity contribution in [3.8, 4) is 0 Å². The number of hydrogen-bond donors (Lipinski definition) is 1. The zero-order chi connectivity index (χ0) is 11.7. The highest BCUT2D eigenvalue weighted by atomic mass is 35.5. The van der Waals surface area contributed by atoms with Crippen LogP contribution in [0.1, 0.15) is 17.2 Å². The number of aromatic amines is 1. The fourth-order valence-corrected chi connectivity index (χ4v) is 2.27. The average Bonchev–Trinajstić information content (AvgIpc) is 2.60. The molecule has 0 saturated carbocycles. The number of nitrogens with one attached hydrogen (secondary N) is 1. The van der Waals surface area contributed by atoms with Crippen LogP contribution in [0.3, 0.4) is 0 Å². The van der Waals surface area contributed by atoms with Gasteiger partial charge in [0.05, 0.1) is 0 Å². The Morgan fingerprint density at radius 3 is 2.50 bits per heavy atom. The second kappa shape index (κ2) is 4.39. The SMILES string of the molecule is Cc1nc(Cl)c(C)c(Sc2n[nH]c(C)n2)n1. The van der Waals surface area contributed by atoms with Crippen molar-refractivity contribution in [1.82, 2.24) is 25.1 Å². The molecule has 0 aromatic carbocycles. The van der Waals surface area contributed by atoms with Crippen LogP contribution in [0, 0.1) is 20.8 Å². The highest BCUT2D eigenvalue weighted by Gasteiger charge is 2.11. The summed E-state index contributed by atoms with van der Waals surface area (Å²) >= 11 is 7.35. The third kappa shape index (κ3) is 2.33. The second-order valence-electron chi connectivity index (χ2n) is 3.30. The second-order valence-corrected chi connectivity index (χ2v) is 4.61. The van der Waals surface area contributed by atoms with E-state index in [9.17, 15) is 0 Å². The van der Waals surface area contributed by atoms with Crippen LogP contribution in [0.15, 0.2) is 10.2 Å². The molecular weight excluding hydrogens is 246 g/mol. The number of nitrogens with zero attached hydrogens (tertiary/aromatic N) is 4. The fourth-order valence-electron chi connectivity index (χ4n) is 1.12. The molecule has 0 saturated heterocycles. The van der Waals surface area contributed by atoms with Gasteiger partial charge in [0.15, 0.2) is 0 Å². The van der Waals surface area contributed by atoms with Crippen molar-refractivity contribution in [2.24, 2.45) is 0 Å². The topological polar surface area (TPSA) is 67.3 Å². The van der Waals surface area contributed by atoms with E-state index in [2.05, 4.69) is 25.1 Å². The molecule has 2 aromatic heterocycles. The van der Waals surface area contributed by atoms with Crippen LogP contribution in [0.5, 0.6) is 0 Å². The van der Waals surface area contributed by atoms with E-state index in [0.29, 0.717) is 16.1 Å². The third-order valence-corrected chi connectivity index (χ3v) is 3.24. The monoisotopic (exact) mass is 255 g/mol. The maximum Gasteiger partial charge on any atom is 0.214 e. The first kappa shape index (κ1) is 11.3. The molecule has 84 valence electrons. The quantitative estimate of drug-likeness (QED) is 0.835. The number of aromatic nitrogens is 5. The number of aryl methyl sites for hydroxylation is 2. The molecule has 16 heavy (non-hydrogen) atoms. The van der Waals surface area contributed by atoms with Crippen molar-refractivity contribution < 1.29 is 0 Å². The van der Waals surface area contributed by atoms with Crippen molar-refractivity contribution in [1.29, 1.82) is 0 Å². The van der Waals surface area contributed by atoms with Gasteiger partial charge in [-0.3, -0.25) is 5.10 Å². The maximum atomic E-state index is 5.98. The van der Waals surface area contributed by atoms with Crippen LogP contribution in [-0.4, -0.2) is 25.1 Å². The molecule has 7 heteroatoms. The minimum absolute atomic E-state index is 0.474. The molecule has 0 atom stereocenters. The summed E-state index contributed by atoms with van der Waals surface area (Å²) < 4.78 is 0. The lowest BCUT2D eigenvalue weighted by molar-refractivity contribution is 0.922. The van der Waals surface area contributed by atoms with Gasteiger partial charge in [0.25, 0.3) is 0 Å².